The molecule has 0 saturated carbocycles. The number of imidazole rings is 1. The molecule has 0 aliphatic heterocycles. The lowest BCUT2D eigenvalue weighted by Crippen LogP contribution is -2.42. The maximum Gasteiger partial charge on any atom is 0.166 e. The molecule has 1 aromatic heterocycles. The van der Waals surface area contributed by atoms with Gasteiger partial charge in [0.25, 0.3) is 0 Å². The van der Waals surface area contributed by atoms with Gasteiger partial charge in [-0.2, -0.15) is 5.26 Å². The number of aromatic nitrogens is 2. The number of nitrogens with zero attached hydrogens (tertiary/aromatic N) is 2. The highest BCUT2D eigenvalue weighted by Crippen LogP contribution is 2.28. The van der Waals surface area contributed by atoms with Crippen LogP contribution in [-0.2, 0) is 0 Å². The summed E-state index contributed by atoms with van der Waals surface area (Å²) in [5.74, 6) is 0. The first-order valence-electron chi connectivity index (χ1n) is 7.25. The molecule has 0 saturated heterocycles. The molecule has 0 bridgehead atoms. The van der Waals surface area contributed by atoms with Crippen molar-refractivity contribution in [2.24, 2.45) is 0 Å². The quantitative estimate of drug-likeness (QED) is 0.800. The van der Waals surface area contributed by atoms with Crippen molar-refractivity contribution in [1.82, 2.24) is 15.3 Å². The molecule has 0 fully saturated rings. The van der Waals surface area contributed by atoms with Crippen LogP contribution in [-0.4, -0.2) is 27.3 Å². The number of fused-ring (bicyclic) bond motifs is 1. The van der Waals surface area contributed by atoms with Gasteiger partial charge < -0.3 is 4.98 Å². The Bertz CT molecular complexity index is 658. The Morgan fingerprint density at radius 3 is 2.95 bits per heavy atom. The number of H-pyrrole nitrogens is 1. The molecular formula is C16H22N4S. The number of thioether (sulfide) groups is 1. The second-order valence-electron chi connectivity index (χ2n) is 5.67. The van der Waals surface area contributed by atoms with Crippen molar-refractivity contribution in [3.63, 3.8) is 0 Å². The Morgan fingerprint density at radius 2 is 2.29 bits per heavy atom. The first kappa shape index (κ1) is 15.9. The molecule has 1 aromatic carbocycles. The van der Waals surface area contributed by atoms with Crippen molar-refractivity contribution < 1.29 is 0 Å². The lowest BCUT2D eigenvalue weighted by Gasteiger charge is -2.25. The normalized spacial score (nSPS) is 15.6. The number of nitrogens with one attached hydrogen (secondary N) is 2. The summed E-state index contributed by atoms with van der Waals surface area (Å²) in [5.41, 5.74) is 2.80. The lowest BCUT2D eigenvalue weighted by molar-refractivity contribution is 0.429. The number of aryl methyl sites for hydroxylation is 1. The summed E-state index contributed by atoms with van der Waals surface area (Å²) in [6.45, 7) is 8.98. The third-order valence-corrected chi connectivity index (χ3v) is 4.42. The predicted octanol–water partition coefficient (Wildman–Crippen LogP) is 3.63. The molecule has 2 rings (SSSR count). The van der Waals surface area contributed by atoms with Gasteiger partial charge in [0, 0.05) is 5.25 Å². The number of rotatable bonds is 6. The number of hydrogen-bond donors (Lipinski definition) is 2. The fourth-order valence-electron chi connectivity index (χ4n) is 2.51. The van der Waals surface area contributed by atoms with Gasteiger partial charge in [0.05, 0.1) is 17.1 Å². The van der Waals surface area contributed by atoms with Crippen LogP contribution in [0.15, 0.2) is 23.4 Å². The number of benzene rings is 1. The fraction of sp³-hybridized carbons (Fsp3) is 0.500. The fourth-order valence-corrected chi connectivity index (χ4v) is 3.63. The van der Waals surface area contributed by atoms with Crippen molar-refractivity contribution in [3.05, 3.63) is 23.8 Å². The summed E-state index contributed by atoms with van der Waals surface area (Å²) in [6, 6.07) is 8.59. The van der Waals surface area contributed by atoms with Gasteiger partial charge in [-0.25, -0.2) is 4.98 Å². The van der Waals surface area contributed by atoms with Crippen LogP contribution in [0.1, 0.15) is 32.8 Å². The van der Waals surface area contributed by atoms with Crippen molar-refractivity contribution in [1.29, 1.82) is 5.26 Å². The van der Waals surface area contributed by atoms with E-state index in [9.17, 15) is 5.26 Å². The van der Waals surface area contributed by atoms with Gasteiger partial charge in [-0.1, -0.05) is 31.7 Å². The highest BCUT2D eigenvalue weighted by atomic mass is 32.2. The summed E-state index contributed by atoms with van der Waals surface area (Å²) in [7, 11) is 0. The smallest absolute Gasteiger partial charge is 0.166 e. The van der Waals surface area contributed by atoms with Crippen molar-refractivity contribution in [2.45, 2.75) is 50.1 Å². The molecule has 2 atom stereocenters. The minimum atomic E-state index is -0.482. The zero-order valence-corrected chi connectivity index (χ0v) is 13.8. The second kappa shape index (κ2) is 6.50. The average molecular weight is 302 g/mol. The monoisotopic (exact) mass is 302 g/mol. The van der Waals surface area contributed by atoms with E-state index in [2.05, 4.69) is 47.3 Å². The maximum atomic E-state index is 9.33. The van der Waals surface area contributed by atoms with Crippen LogP contribution in [0.4, 0.5) is 0 Å². The zero-order valence-electron chi connectivity index (χ0n) is 13.0. The Morgan fingerprint density at radius 1 is 1.52 bits per heavy atom. The van der Waals surface area contributed by atoms with E-state index in [0.29, 0.717) is 5.25 Å². The highest BCUT2D eigenvalue weighted by Gasteiger charge is 2.26. The number of hydrogen-bond acceptors (Lipinski definition) is 4. The van der Waals surface area contributed by atoms with Crippen LogP contribution in [0.5, 0.6) is 0 Å². The summed E-state index contributed by atoms with van der Waals surface area (Å²) >= 11 is 1.69. The van der Waals surface area contributed by atoms with Crippen molar-refractivity contribution in [3.8, 4) is 6.07 Å². The van der Waals surface area contributed by atoms with Crippen LogP contribution in [0, 0.1) is 18.3 Å². The summed E-state index contributed by atoms with van der Waals surface area (Å²) in [6.07, 6.45) is 0.776. The van der Waals surface area contributed by atoms with E-state index in [1.54, 1.807) is 11.8 Å². The summed E-state index contributed by atoms with van der Waals surface area (Å²) in [5, 5.41) is 13.8. The van der Waals surface area contributed by atoms with Crippen LogP contribution in [0.2, 0.25) is 0 Å². The van der Waals surface area contributed by atoms with E-state index >= 15 is 0 Å². The van der Waals surface area contributed by atoms with Gasteiger partial charge in [-0.05, 0) is 44.5 Å². The van der Waals surface area contributed by atoms with E-state index < -0.39 is 5.54 Å². The van der Waals surface area contributed by atoms with Gasteiger partial charge in [0.15, 0.2) is 5.16 Å². The third-order valence-electron chi connectivity index (χ3n) is 3.44. The lowest BCUT2D eigenvalue weighted by atomic mass is 9.98. The Balaban J connectivity index is 2.07. The molecule has 5 heteroatoms. The average Bonchev–Trinajstić information content (AvgIpc) is 2.79. The van der Waals surface area contributed by atoms with Crippen molar-refractivity contribution >= 4 is 22.8 Å². The molecule has 1 heterocycles. The molecule has 2 unspecified atom stereocenters. The van der Waals surface area contributed by atoms with E-state index in [1.165, 1.54) is 5.56 Å². The number of aromatic amines is 1. The van der Waals surface area contributed by atoms with E-state index in [-0.39, 0.29) is 0 Å². The van der Waals surface area contributed by atoms with Gasteiger partial charge in [0.1, 0.15) is 5.54 Å². The molecular weight excluding hydrogens is 280 g/mol. The molecule has 0 spiro atoms. The predicted molar refractivity (Wildman–Crippen MR) is 88.5 cm³/mol. The molecule has 21 heavy (non-hydrogen) atoms. The standard InChI is InChI=1S/C16H22N4S/c1-5-18-16(4,10-17)9-12(3)21-15-19-13-7-6-11(2)8-14(13)20-15/h6-8,12,18H,5,9H2,1-4H3,(H,19,20). The molecule has 4 nitrogen and oxygen atoms in total. The van der Waals surface area contributed by atoms with E-state index in [1.807, 2.05) is 19.9 Å². The third kappa shape index (κ3) is 3.99. The van der Waals surface area contributed by atoms with Gasteiger partial charge in [-0.3, -0.25) is 5.32 Å². The van der Waals surface area contributed by atoms with E-state index in [4.69, 9.17) is 0 Å². The maximum absolute atomic E-state index is 9.33. The van der Waals surface area contributed by atoms with Crippen LogP contribution in [0.3, 0.4) is 0 Å². The molecule has 112 valence electrons. The highest BCUT2D eigenvalue weighted by molar-refractivity contribution is 7.99. The molecule has 0 radical (unpaired) electrons. The topological polar surface area (TPSA) is 64.5 Å². The Kier molecular flexibility index (Phi) is 4.92. The zero-order chi connectivity index (χ0) is 15.5. The van der Waals surface area contributed by atoms with Crippen LogP contribution < -0.4 is 5.32 Å². The molecule has 2 aromatic rings. The number of nitriles is 1. The first-order chi connectivity index (χ1) is 9.95. The minimum Gasteiger partial charge on any atom is -0.333 e. The van der Waals surface area contributed by atoms with Crippen molar-refractivity contribution in [2.75, 3.05) is 6.54 Å². The molecule has 0 aliphatic carbocycles. The Labute approximate surface area is 130 Å². The molecule has 0 aliphatic rings. The largest absolute Gasteiger partial charge is 0.333 e. The van der Waals surface area contributed by atoms with Crippen LogP contribution in [0.25, 0.3) is 11.0 Å². The van der Waals surface area contributed by atoms with Gasteiger partial charge in [0.2, 0.25) is 0 Å². The summed E-state index contributed by atoms with van der Waals surface area (Å²) < 4.78 is 0. The minimum absolute atomic E-state index is 0.301. The van der Waals surface area contributed by atoms with E-state index in [0.717, 1.165) is 29.2 Å². The SMILES string of the molecule is CCNC(C)(C#N)CC(C)Sc1nc2ccc(C)cc2[nH]1. The molecule has 2 N–H and O–H groups in total. The Hall–Kier alpha value is -1.51. The first-order valence-corrected chi connectivity index (χ1v) is 8.13. The second-order valence-corrected chi connectivity index (χ2v) is 7.10. The van der Waals surface area contributed by atoms with Crippen LogP contribution >= 0.6 is 11.8 Å². The molecule has 0 amide bonds. The summed E-state index contributed by atoms with van der Waals surface area (Å²) in [4.78, 5) is 7.95. The van der Waals surface area contributed by atoms with Gasteiger partial charge in [-0.15, -0.1) is 0 Å². The van der Waals surface area contributed by atoms with Gasteiger partial charge >= 0.3 is 0 Å².